The standard InChI is InChI=1S/C22H20ClN5O2S/c1-13-4-6-16(7-5-13)20-25-26-22(28(20)18-10-8-17(23)9-11-18)31-15(3)21(29)24-19-12-14(2)27-30-19/h4-12,15H,1-3H3,(H,24,29). The smallest absolute Gasteiger partial charge is 0.240 e. The number of benzene rings is 2. The van der Waals surface area contributed by atoms with E-state index in [1.807, 2.05) is 60.0 Å². The molecule has 0 spiro atoms. The number of aryl methyl sites for hydroxylation is 2. The maximum absolute atomic E-state index is 12.6. The molecule has 31 heavy (non-hydrogen) atoms. The maximum atomic E-state index is 12.6. The van der Waals surface area contributed by atoms with Crippen molar-refractivity contribution in [1.29, 1.82) is 0 Å². The van der Waals surface area contributed by atoms with Crippen LogP contribution in [0, 0.1) is 13.8 Å². The predicted octanol–water partition coefficient (Wildman–Crippen LogP) is 5.31. The molecule has 4 aromatic rings. The van der Waals surface area contributed by atoms with E-state index in [1.54, 1.807) is 19.9 Å². The van der Waals surface area contributed by atoms with Gasteiger partial charge in [-0.05, 0) is 45.0 Å². The third-order valence-corrected chi connectivity index (χ3v) is 5.85. The fourth-order valence-corrected chi connectivity index (χ4v) is 3.91. The summed E-state index contributed by atoms with van der Waals surface area (Å²) in [5, 5.41) is 16.1. The largest absolute Gasteiger partial charge is 0.338 e. The number of thioether (sulfide) groups is 1. The van der Waals surface area contributed by atoms with Crippen LogP contribution in [0.15, 0.2) is 64.3 Å². The maximum Gasteiger partial charge on any atom is 0.240 e. The average molecular weight is 454 g/mol. The number of carbonyl (C=O) groups is 1. The van der Waals surface area contributed by atoms with Gasteiger partial charge in [-0.1, -0.05) is 58.3 Å². The first kappa shape index (κ1) is 21.1. The normalized spacial score (nSPS) is 12.0. The van der Waals surface area contributed by atoms with Gasteiger partial charge in [0.2, 0.25) is 11.8 Å². The number of aromatic nitrogens is 4. The molecular formula is C22H20ClN5O2S. The quantitative estimate of drug-likeness (QED) is 0.398. The lowest BCUT2D eigenvalue weighted by Crippen LogP contribution is -2.22. The molecule has 0 aliphatic rings. The van der Waals surface area contributed by atoms with Gasteiger partial charge in [0.25, 0.3) is 0 Å². The Kier molecular flexibility index (Phi) is 6.11. The molecule has 9 heteroatoms. The van der Waals surface area contributed by atoms with Crippen LogP contribution in [-0.4, -0.2) is 31.1 Å². The number of hydrogen-bond donors (Lipinski definition) is 1. The van der Waals surface area contributed by atoms with Crippen molar-refractivity contribution in [3.8, 4) is 17.1 Å². The minimum Gasteiger partial charge on any atom is -0.338 e. The van der Waals surface area contributed by atoms with Crippen LogP contribution in [-0.2, 0) is 4.79 Å². The summed E-state index contributed by atoms with van der Waals surface area (Å²) in [6.45, 7) is 5.62. The molecule has 0 fully saturated rings. The van der Waals surface area contributed by atoms with Crippen LogP contribution < -0.4 is 5.32 Å². The van der Waals surface area contributed by atoms with Gasteiger partial charge >= 0.3 is 0 Å². The van der Waals surface area contributed by atoms with E-state index in [1.165, 1.54) is 11.8 Å². The van der Waals surface area contributed by atoms with Crippen LogP contribution in [0.25, 0.3) is 17.1 Å². The van der Waals surface area contributed by atoms with Crippen LogP contribution in [0.3, 0.4) is 0 Å². The Hall–Kier alpha value is -3.10. The summed E-state index contributed by atoms with van der Waals surface area (Å²) in [6.07, 6.45) is 0. The number of nitrogens with one attached hydrogen (secondary N) is 1. The lowest BCUT2D eigenvalue weighted by molar-refractivity contribution is -0.115. The lowest BCUT2D eigenvalue weighted by atomic mass is 10.1. The Balaban J connectivity index is 1.66. The average Bonchev–Trinajstić information content (AvgIpc) is 3.35. The van der Waals surface area contributed by atoms with E-state index >= 15 is 0 Å². The van der Waals surface area contributed by atoms with Crippen molar-refractivity contribution in [2.24, 2.45) is 0 Å². The van der Waals surface area contributed by atoms with Gasteiger partial charge in [-0.3, -0.25) is 14.7 Å². The molecule has 1 atom stereocenters. The third kappa shape index (κ3) is 4.81. The first-order chi connectivity index (χ1) is 14.9. The van der Waals surface area contributed by atoms with Crippen LogP contribution in [0.5, 0.6) is 0 Å². The van der Waals surface area contributed by atoms with Crippen molar-refractivity contribution in [2.75, 3.05) is 5.32 Å². The lowest BCUT2D eigenvalue weighted by Gasteiger charge is -2.13. The van der Waals surface area contributed by atoms with Gasteiger partial charge < -0.3 is 4.52 Å². The second kappa shape index (κ2) is 8.95. The number of nitrogens with zero attached hydrogens (tertiary/aromatic N) is 4. The second-order valence-corrected chi connectivity index (χ2v) is 8.81. The number of rotatable bonds is 6. The van der Waals surface area contributed by atoms with Crippen LogP contribution in [0.2, 0.25) is 5.02 Å². The number of carbonyl (C=O) groups excluding carboxylic acids is 1. The van der Waals surface area contributed by atoms with Gasteiger partial charge in [0.15, 0.2) is 11.0 Å². The fraction of sp³-hybridized carbons (Fsp3) is 0.182. The van der Waals surface area contributed by atoms with Gasteiger partial charge in [-0.15, -0.1) is 10.2 Å². The predicted molar refractivity (Wildman–Crippen MR) is 122 cm³/mol. The van der Waals surface area contributed by atoms with Crippen molar-refractivity contribution in [3.63, 3.8) is 0 Å². The van der Waals surface area contributed by atoms with Crippen LogP contribution in [0.4, 0.5) is 5.88 Å². The summed E-state index contributed by atoms with van der Waals surface area (Å²) in [5.41, 5.74) is 3.63. The van der Waals surface area contributed by atoms with E-state index in [9.17, 15) is 4.79 Å². The van der Waals surface area contributed by atoms with E-state index in [-0.39, 0.29) is 5.91 Å². The third-order valence-electron chi connectivity index (χ3n) is 4.55. The minimum absolute atomic E-state index is 0.219. The number of amides is 1. The molecule has 2 heterocycles. The molecule has 0 bridgehead atoms. The summed E-state index contributed by atoms with van der Waals surface area (Å²) in [4.78, 5) is 12.6. The summed E-state index contributed by atoms with van der Waals surface area (Å²) in [5.74, 6) is 0.779. The Labute approximate surface area is 188 Å². The van der Waals surface area contributed by atoms with E-state index in [0.29, 0.717) is 27.6 Å². The van der Waals surface area contributed by atoms with E-state index in [0.717, 1.165) is 16.8 Å². The Bertz CT molecular complexity index is 1200. The first-order valence-electron chi connectivity index (χ1n) is 9.60. The molecule has 0 saturated carbocycles. The molecule has 1 amide bonds. The summed E-state index contributed by atoms with van der Waals surface area (Å²) < 4.78 is 7.00. The topological polar surface area (TPSA) is 85.8 Å². The van der Waals surface area contributed by atoms with Crippen molar-refractivity contribution < 1.29 is 9.32 Å². The van der Waals surface area contributed by atoms with Gasteiger partial charge in [-0.2, -0.15) is 0 Å². The van der Waals surface area contributed by atoms with Crippen LogP contribution >= 0.6 is 23.4 Å². The Morgan fingerprint density at radius 3 is 2.45 bits per heavy atom. The molecule has 0 saturated heterocycles. The van der Waals surface area contributed by atoms with E-state index in [2.05, 4.69) is 20.7 Å². The van der Waals surface area contributed by atoms with E-state index in [4.69, 9.17) is 16.1 Å². The zero-order valence-corrected chi connectivity index (χ0v) is 18.7. The van der Waals surface area contributed by atoms with Crippen molar-refractivity contribution >= 4 is 35.2 Å². The van der Waals surface area contributed by atoms with Crippen molar-refractivity contribution in [2.45, 2.75) is 31.2 Å². The Morgan fingerprint density at radius 1 is 1.10 bits per heavy atom. The zero-order chi connectivity index (χ0) is 22.0. The van der Waals surface area contributed by atoms with Crippen molar-refractivity contribution in [1.82, 2.24) is 19.9 Å². The molecule has 4 rings (SSSR count). The van der Waals surface area contributed by atoms with Gasteiger partial charge in [-0.25, -0.2) is 0 Å². The highest BCUT2D eigenvalue weighted by atomic mass is 35.5. The van der Waals surface area contributed by atoms with Gasteiger partial charge in [0.1, 0.15) is 0 Å². The molecule has 0 aliphatic heterocycles. The molecule has 158 valence electrons. The second-order valence-electron chi connectivity index (χ2n) is 7.07. The Morgan fingerprint density at radius 2 is 1.81 bits per heavy atom. The highest BCUT2D eigenvalue weighted by Gasteiger charge is 2.22. The van der Waals surface area contributed by atoms with E-state index < -0.39 is 5.25 Å². The van der Waals surface area contributed by atoms with Crippen LogP contribution in [0.1, 0.15) is 18.2 Å². The molecule has 7 nitrogen and oxygen atoms in total. The van der Waals surface area contributed by atoms with Gasteiger partial charge in [0, 0.05) is 22.3 Å². The minimum atomic E-state index is -0.452. The summed E-state index contributed by atoms with van der Waals surface area (Å²) >= 11 is 7.38. The highest BCUT2D eigenvalue weighted by molar-refractivity contribution is 8.00. The van der Waals surface area contributed by atoms with Crippen molar-refractivity contribution in [3.05, 3.63) is 70.9 Å². The monoisotopic (exact) mass is 453 g/mol. The first-order valence-corrected chi connectivity index (χ1v) is 10.9. The molecule has 0 aliphatic carbocycles. The molecule has 1 N–H and O–H groups in total. The summed E-state index contributed by atoms with van der Waals surface area (Å²) in [7, 11) is 0. The zero-order valence-electron chi connectivity index (χ0n) is 17.2. The SMILES string of the molecule is Cc1ccc(-c2nnc(SC(C)C(=O)Nc3cc(C)no3)n2-c2ccc(Cl)cc2)cc1. The molecular weight excluding hydrogens is 434 g/mol. The number of hydrogen-bond acceptors (Lipinski definition) is 6. The highest BCUT2D eigenvalue weighted by Crippen LogP contribution is 2.31. The molecule has 2 aromatic heterocycles. The van der Waals surface area contributed by atoms with Gasteiger partial charge in [0.05, 0.1) is 10.9 Å². The number of halogens is 1. The summed E-state index contributed by atoms with van der Waals surface area (Å²) in [6, 6.07) is 17.1. The molecule has 1 unspecified atom stereocenters. The fourth-order valence-electron chi connectivity index (χ4n) is 2.92. The number of anilines is 1. The molecule has 0 radical (unpaired) electrons. The molecule has 2 aromatic carbocycles.